The molecule has 116 heavy (non-hydrogen) atoms. The normalized spacial score (nSPS) is 19.1. The summed E-state index contributed by atoms with van der Waals surface area (Å²) in [7, 11) is 0.624. The van der Waals surface area contributed by atoms with Gasteiger partial charge in [-0.3, -0.25) is 0 Å². The highest BCUT2D eigenvalue weighted by Gasteiger charge is 2.48. The molecule has 20 nitrogen and oxygen atoms in total. The Labute approximate surface area is 700 Å². The molecule has 0 aromatic heterocycles. The van der Waals surface area contributed by atoms with Gasteiger partial charge in [-0.2, -0.15) is 21.6 Å². The summed E-state index contributed by atoms with van der Waals surface area (Å²) in [5, 5.41) is 18.5. The zero-order valence-corrected chi connectivity index (χ0v) is 72.6. The molecule has 14 rings (SSSR count). The Balaban J connectivity index is 0.000000237. The molecule has 7 atom stereocenters. The van der Waals surface area contributed by atoms with E-state index in [1.807, 2.05) is 67.6 Å². The van der Waals surface area contributed by atoms with E-state index < -0.39 is 39.1 Å². The fourth-order valence-electron chi connectivity index (χ4n) is 14.4. The van der Waals surface area contributed by atoms with E-state index in [1.165, 1.54) is 112 Å². The molecule has 7 aromatic rings. The first kappa shape index (κ1) is 98.1. The molecule has 0 heterocycles. The number of methoxy groups -OCH3 is 4. The van der Waals surface area contributed by atoms with Crippen LogP contribution in [0, 0.1) is 17.8 Å². The largest absolute Gasteiger partial charge is 0.534 e. The van der Waals surface area contributed by atoms with Crippen LogP contribution in [0.2, 0.25) is 0 Å². The van der Waals surface area contributed by atoms with Gasteiger partial charge in [-0.25, -0.2) is 19.2 Å². The van der Waals surface area contributed by atoms with E-state index in [0.717, 1.165) is 150 Å². The van der Waals surface area contributed by atoms with Gasteiger partial charge in [0.25, 0.3) is 0 Å². The van der Waals surface area contributed by atoms with Crippen molar-refractivity contribution in [3.63, 3.8) is 0 Å². The number of halogens is 5. The molecule has 0 amide bonds. The second kappa shape index (κ2) is 45.5. The highest BCUT2D eigenvalue weighted by Crippen LogP contribution is 2.35. The zero-order chi connectivity index (χ0) is 83.8. The quantitative estimate of drug-likeness (QED) is 0.0296. The maximum Gasteiger partial charge on any atom is 0.534 e. The van der Waals surface area contributed by atoms with Crippen LogP contribution in [0.5, 0.6) is 28.7 Å². The summed E-state index contributed by atoms with van der Waals surface area (Å²) in [5.74, 6) is 3.76. The molecule has 26 heteroatoms. The minimum absolute atomic E-state index is 0. The lowest BCUT2D eigenvalue weighted by Gasteiger charge is -2.22. The monoisotopic (exact) mass is 1720 g/mol. The summed E-state index contributed by atoms with van der Waals surface area (Å²) in [5.41, 5.74) is 36.0. The van der Waals surface area contributed by atoms with Crippen molar-refractivity contribution in [2.75, 3.05) is 28.4 Å². The zero-order valence-electron chi connectivity index (χ0n) is 69.3. The Morgan fingerprint density at radius 2 is 0.638 bits per heavy atom. The number of nitrogens with two attached hydrogens (primary N) is 4. The highest BCUT2D eigenvalue weighted by atomic mass is 79.9. The van der Waals surface area contributed by atoms with Crippen LogP contribution in [-0.2, 0) is 124 Å². The van der Waals surface area contributed by atoms with Crippen molar-refractivity contribution in [2.24, 2.45) is 40.7 Å². The average molecular weight is 1720 g/mol. The molecule has 1 unspecified atom stereocenters. The third-order valence-electron chi connectivity index (χ3n) is 20.6. The predicted molar refractivity (Wildman–Crippen MR) is 455 cm³/mol. The molecule has 0 spiro atoms. The molecule has 0 radical (unpaired) electrons. The summed E-state index contributed by atoms with van der Waals surface area (Å²) in [6.07, 6.45) is 19.9. The van der Waals surface area contributed by atoms with E-state index in [0.29, 0.717) is 40.6 Å². The van der Waals surface area contributed by atoms with Gasteiger partial charge >= 0.3 is 39.9 Å². The minimum Gasteiger partial charge on any atom is -0.508 e. The Kier molecular flexibility index (Phi) is 38.5. The third kappa shape index (κ3) is 32.1. The summed E-state index contributed by atoms with van der Waals surface area (Å²) in [4.78, 5) is 44.7. The van der Waals surface area contributed by atoms with E-state index in [2.05, 4.69) is 63.9 Å². The second-order valence-corrected chi connectivity index (χ2v) is 34.2. The third-order valence-corrected chi connectivity index (χ3v) is 21.5. The van der Waals surface area contributed by atoms with Crippen LogP contribution in [0.15, 0.2) is 127 Å². The van der Waals surface area contributed by atoms with E-state index in [9.17, 15) is 51.0 Å². The number of benzene rings is 7. The number of rotatable bonds is 6. The van der Waals surface area contributed by atoms with E-state index >= 15 is 0 Å². The lowest BCUT2D eigenvalue weighted by molar-refractivity contribution is -0.0500. The van der Waals surface area contributed by atoms with Gasteiger partial charge in [0, 0.05) is 24.2 Å². The highest BCUT2D eigenvalue weighted by molar-refractivity contribution is 8.93. The molecule has 7 aliphatic rings. The van der Waals surface area contributed by atoms with E-state index in [-0.39, 0.29) is 59.2 Å². The topological polar surface area (TPSA) is 321 Å². The van der Waals surface area contributed by atoms with Crippen molar-refractivity contribution >= 4 is 63.8 Å². The number of alkyl halides is 3. The standard InChI is InChI=1S/C13H16O2.C12H13F3O3S.C12H15NO2.2C11H15NO.C11H14O.C10H13NO.C10H18O5.BrH.ClH/c1-9-3-4-10-5-6-11(13(14)15-2)8-12(10)7-9;1-8-2-3-9-4-5-11(7-10(9)6-8)18-19(16,17)12(13,14)15;1-15-12(14)9-3-2-8-4-5-11(13)7-10(8)6-9;2*1-13-11-5-3-8-2-4-10(12)6-9(8)7-11;1-8-2-3-9-4-5-11(12)7-10(9)6-8;11-9-3-1-7-2-4-10(12)6-8(7)5-9;1-9(2,3)14-7(11)13-8(12)15-10(4,5)6;;/h5-6,8-9H,3-4,7H2,1-2H3;4-5,7-8H,2-3,6H2,1H3;2-3,6,11H,4-5,7,13H2,1H3;2*3,5,7,10H,2,4,6,12H2,1H3;4-5,7-8,12H,2-3,6H2,1H3;2,4,6,9,12H,1,3,5,11H2;1-6H3;2*1H/t9-;8-;11-;10-;;8-;9-;;;/m1111.11.../s1. The summed E-state index contributed by atoms with van der Waals surface area (Å²) in [6.45, 7) is 16.6. The number of fused-ring (bicyclic) bond motifs is 7. The molecule has 7 aliphatic carbocycles. The maximum absolute atomic E-state index is 12.2. The van der Waals surface area contributed by atoms with Gasteiger partial charge in [-0.15, -0.1) is 29.4 Å². The molecule has 7 aromatic carbocycles. The first-order valence-electron chi connectivity index (χ1n) is 39.3. The minimum atomic E-state index is -5.59. The number of phenolic OH excluding ortho intramolecular Hbond substituents is 2. The van der Waals surface area contributed by atoms with Gasteiger partial charge < -0.3 is 70.5 Å². The fraction of sp³-hybridized carbons (Fsp3) is 0.489. The summed E-state index contributed by atoms with van der Waals surface area (Å²) >= 11 is 0. The van der Waals surface area contributed by atoms with E-state index in [4.69, 9.17) is 46.6 Å². The van der Waals surface area contributed by atoms with Crippen molar-refractivity contribution in [2.45, 2.75) is 238 Å². The molecule has 638 valence electrons. The van der Waals surface area contributed by atoms with Crippen LogP contribution in [0.25, 0.3) is 0 Å². The molecular weight excluding hydrogens is 1600 g/mol. The molecule has 10 N–H and O–H groups in total. The smallest absolute Gasteiger partial charge is 0.508 e. The van der Waals surface area contributed by atoms with Crippen molar-refractivity contribution in [1.82, 2.24) is 0 Å². The van der Waals surface area contributed by atoms with Gasteiger partial charge in [-0.05, 0) is 357 Å². The average Bonchev–Trinajstić information content (AvgIpc) is 0.811. The lowest BCUT2D eigenvalue weighted by atomic mass is 9.84. The molecule has 0 bridgehead atoms. The van der Waals surface area contributed by atoms with Crippen LogP contribution >= 0.6 is 29.4 Å². The number of carbonyl (C=O) groups excluding carboxylic acids is 4. The van der Waals surface area contributed by atoms with Gasteiger partial charge in [0.15, 0.2) is 0 Å². The Morgan fingerprint density at radius 1 is 0.379 bits per heavy atom. The first-order valence-corrected chi connectivity index (χ1v) is 40.7. The van der Waals surface area contributed by atoms with Crippen molar-refractivity contribution in [3.8, 4) is 28.7 Å². The van der Waals surface area contributed by atoms with Crippen LogP contribution < -0.4 is 36.6 Å². The summed E-state index contributed by atoms with van der Waals surface area (Å²) in [6, 6.07) is 41.0. The molecular formula is C90H121BrClF3N4O16S. The van der Waals surface area contributed by atoms with Crippen molar-refractivity contribution in [3.05, 3.63) is 216 Å². The Morgan fingerprint density at radius 3 is 0.948 bits per heavy atom. The van der Waals surface area contributed by atoms with E-state index in [1.54, 1.807) is 74.0 Å². The number of ether oxygens (including phenoxy) is 7. The lowest BCUT2D eigenvalue weighted by Crippen LogP contribution is -2.29. The SMILES string of the molecule is Br.CC(C)(C)OC(=O)OC(=O)OC(C)(C)C.COC(=O)c1ccc2c(c1)C[C@H](C)CC2.COC(=O)c1ccc2c(c1)C[C@H](N)CC2.COc1ccc2c(c1)CC(N)CC2.COc1ccc2c(c1)C[C@H](N)CC2.C[C@@H]1CCc2ccc(O)cc2C1.C[C@@H]1CCc2ccc(OS(=O)(=O)C(F)(F)F)cc2C1.Cl.N[C@@H]1CCc2ccc(O)cc2C1. The number of phenols is 2. The number of aromatic hydroxyl groups is 2. The van der Waals surface area contributed by atoms with Gasteiger partial charge in [0.1, 0.15) is 39.9 Å². The summed E-state index contributed by atoms with van der Waals surface area (Å²) < 4.78 is 96.1. The molecule has 0 fully saturated rings. The number of aryl methyl sites for hydroxylation is 7. The van der Waals surface area contributed by atoms with Crippen LogP contribution in [-0.4, -0.2) is 112 Å². The predicted octanol–water partition coefficient (Wildman–Crippen LogP) is 17.5. The first-order chi connectivity index (χ1) is 53.7. The van der Waals surface area contributed by atoms with Crippen LogP contribution in [0.1, 0.15) is 206 Å². The number of hydrogen-bond donors (Lipinski definition) is 6. The van der Waals surface area contributed by atoms with Crippen molar-refractivity contribution < 1.29 is 88.3 Å². The number of esters is 2. The molecule has 0 saturated heterocycles. The van der Waals surface area contributed by atoms with Gasteiger partial charge in [0.05, 0.1) is 39.6 Å². The van der Waals surface area contributed by atoms with Gasteiger partial charge in [-0.1, -0.05) is 63.2 Å². The maximum atomic E-state index is 12.2. The van der Waals surface area contributed by atoms with Gasteiger partial charge in [0.2, 0.25) is 0 Å². The molecule has 0 saturated carbocycles. The molecule has 0 aliphatic heterocycles. The Hall–Kier alpha value is -8.43. The Bertz CT molecular complexity index is 4270. The second-order valence-electron chi connectivity index (χ2n) is 32.6. The number of hydrogen-bond acceptors (Lipinski definition) is 20. The number of carbonyl (C=O) groups is 4. The van der Waals surface area contributed by atoms with Crippen LogP contribution in [0.4, 0.5) is 22.8 Å². The van der Waals surface area contributed by atoms with Crippen LogP contribution in [0.3, 0.4) is 0 Å². The fourth-order valence-corrected chi connectivity index (χ4v) is 14.9. The van der Waals surface area contributed by atoms with Crippen molar-refractivity contribution in [1.29, 1.82) is 0 Å².